The van der Waals surface area contributed by atoms with Crippen LogP contribution in [0, 0.1) is 10.1 Å². The number of hydrogen-bond acceptors (Lipinski definition) is 6. The second kappa shape index (κ2) is 5.57. The highest BCUT2D eigenvalue weighted by Crippen LogP contribution is 2.25. The third kappa shape index (κ3) is 2.68. The first-order chi connectivity index (χ1) is 10.5. The van der Waals surface area contributed by atoms with E-state index in [9.17, 15) is 14.9 Å². The lowest BCUT2D eigenvalue weighted by atomic mass is 10.1. The van der Waals surface area contributed by atoms with E-state index in [1.165, 1.54) is 18.2 Å². The number of hydrogen-bond donors (Lipinski definition) is 0. The molecule has 0 bridgehead atoms. The van der Waals surface area contributed by atoms with Crippen LogP contribution in [0.3, 0.4) is 0 Å². The van der Waals surface area contributed by atoms with E-state index in [4.69, 9.17) is 9.15 Å². The number of para-hydroxylation sites is 1. The smallest absolute Gasteiger partial charge is 0.363 e. The van der Waals surface area contributed by atoms with E-state index in [1.54, 1.807) is 24.3 Å². The standard InChI is InChI=1S/C14H7BrN2O5/c15-12-6-5-11(21-12)13-16-9(14(18)22-13)7-8-3-1-2-4-10(8)17(19)20/h1-7H/b9-7+. The van der Waals surface area contributed by atoms with Gasteiger partial charge in [-0.3, -0.25) is 10.1 Å². The first-order valence-electron chi connectivity index (χ1n) is 6.06. The van der Waals surface area contributed by atoms with Gasteiger partial charge in [-0.05, 0) is 40.2 Å². The molecule has 22 heavy (non-hydrogen) atoms. The van der Waals surface area contributed by atoms with E-state index in [0.29, 0.717) is 4.67 Å². The van der Waals surface area contributed by atoms with Crippen molar-refractivity contribution in [2.75, 3.05) is 0 Å². The van der Waals surface area contributed by atoms with Crippen LogP contribution in [0.5, 0.6) is 0 Å². The summed E-state index contributed by atoms with van der Waals surface area (Å²) in [5.74, 6) is -0.396. The lowest BCUT2D eigenvalue weighted by Gasteiger charge is -1.96. The Kier molecular flexibility index (Phi) is 3.60. The van der Waals surface area contributed by atoms with Crippen LogP contribution in [-0.4, -0.2) is 16.8 Å². The highest BCUT2D eigenvalue weighted by molar-refractivity contribution is 9.10. The molecule has 0 radical (unpaired) electrons. The summed E-state index contributed by atoms with van der Waals surface area (Å²) in [6, 6.07) is 9.27. The molecule has 0 fully saturated rings. The molecule has 0 saturated carbocycles. The number of rotatable bonds is 3. The molecule has 0 aliphatic carbocycles. The lowest BCUT2D eigenvalue weighted by Crippen LogP contribution is -2.04. The Morgan fingerprint density at radius 1 is 1.23 bits per heavy atom. The zero-order chi connectivity index (χ0) is 15.7. The number of aliphatic imine (C=N–C) groups is 1. The van der Waals surface area contributed by atoms with E-state index in [2.05, 4.69) is 20.9 Å². The molecule has 7 nitrogen and oxygen atoms in total. The number of nitro groups is 1. The Morgan fingerprint density at radius 2 is 2.00 bits per heavy atom. The molecule has 110 valence electrons. The van der Waals surface area contributed by atoms with Gasteiger partial charge >= 0.3 is 5.97 Å². The van der Waals surface area contributed by atoms with Crippen molar-refractivity contribution in [3.05, 3.63) is 68.2 Å². The maximum Gasteiger partial charge on any atom is 0.363 e. The summed E-state index contributed by atoms with van der Waals surface area (Å²) in [6.07, 6.45) is 1.31. The first kappa shape index (κ1) is 14.2. The van der Waals surface area contributed by atoms with Crippen LogP contribution < -0.4 is 0 Å². The molecule has 8 heteroatoms. The van der Waals surface area contributed by atoms with E-state index >= 15 is 0 Å². The molecular weight excluding hydrogens is 356 g/mol. The van der Waals surface area contributed by atoms with Gasteiger partial charge in [0, 0.05) is 6.07 Å². The van der Waals surface area contributed by atoms with Crippen LogP contribution in [0.4, 0.5) is 5.69 Å². The van der Waals surface area contributed by atoms with Crippen molar-refractivity contribution in [1.82, 2.24) is 0 Å². The van der Waals surface area contributed by atoms with Gasteiger partial charge in [0.15, 0.2) is 16.1 Å². The Balaban J connectivity index is 2.00. The van der Waals surface area contributed by atoms with Crippen molar-refractivity contribution in [1.29, 1.82) is 0 Å². The van der Waals surface area contributed by atoms with E-state index in [0.717, 1.165) is 0 Å². The van der Waals surface area contributed by atoms with Crippen LogP contribution >= 0.6 is 15.9 Å². The number of benzene rings is 1. The summed E-state index contributed by atoms with van der Waals surface area (Å²) in [4.78, 5) is 26.3. The Labute approximate surface area is 132 Å². The number of ether oxygens (including phenoxy) is 1. The van der Waals surface area contributed by atoms with Gasteiger partial charge in [0.1, 0.15) is 0 Å². The topological polar surface area (TPSA) is 94.9 Å². The average Bonchev–Trinajstić information content (AvgIpc) is 3.06. The second-order valence-electron chi connectivity index (χ2n) is 4.26. The fraction of sp³-hybridized carbons (Fsp3) is 0. The number of nitrogens with zero attached hydrogens (tertiary/aromatic N) is 2. The van der Waals surface area contributed by atoms with Crippen molar-refractivity contribution in [3.63, 3.8) is 0 Å². The van der Waals surface area contributed by atoms with Gasteiger partial charge in [-0.2, -0.15) is 0 Å². The van der Waals surface area contributed by atoms with Gasteiger partial charge in [0.25, 0.3) is 11.6 Å². The molecule has 0 N–H and O–H groups in total. The van der Waals surface area contributed by atoms with Gasteiger partial charge in [-0.25, -0.2) is 9.79 Å². The summed E-state index contributed by atoms with van der Waals surface area (Å²) in [5.41, 5.74) is 0.120. The average molecular weight is 363 g/mol. The minimum absolute atomic E-state index is 0.0144. The Hall–Kier alpha value is -2.74. The lowest BCUT2D eigenvalue weighted by molar-refractivity contribution is -0.385. The summed E-state index contributed by atoms with van der Waals surface area (Å²) in [6.45, 7) is 0. The molecule has 0 spiro atoms. The Morgan fingerprint density at radius 3 is 2.68 bits per heavy atom. The van der Waals surface area contributed by atoms with E-state index in [-0.39, 0.29) is 28.6 Å². The number of nitro benzene ring substituents is 1. The number of furan rings is 1. The van der Waals surface area contributed by atoms with Crippen molar-refractivity contribution >= 4 is 39.6 Å². The minimum atomic E-state index is -0.694. The molecule has 1 aliphatic heterocycles. The van der Waals surface area contributed by atoms with E-state index in [1.807, 2.05) is 0 Å². The largest absolute Gasteiger partial charge is 0.444 e. The predicted octanol–water partition coefficient (Wildman–Crippen LogP) is 3.29. The number of cyclic esters (lactones) is 1. The molecule has 2 heterocycles. The highest BCUT2D eigenvalue weighted by atomic mass is 79.9. The van der Waals surface area contributed by atoms with Crippen LogP contribution in [0.2, 0.25) is 0 Å². The Bertz CT molecular complexity index is 837. The molecule has 3 rings (SSSR count). The summed E-state index contributed by atoms with van der Waals surface area (Å²) in [5, 5.41) is 11.0. The van der Waals surface area contributed by atoms with Crippen LogP contribution in [0.1, 0.15) is 11.3 Å². The molecule has 0 atom stereocenters. The maximum atomic E-state index is 11.8. The van der Waals surface area contributed by atoms with Crippen molar-refractivity contribution in [2.45, 2.75) is 0 Å². The molecular formula is C14H7BrN2O5. The van der Waals surface area contributed by atoms with Gasteiger partial charge in [-0.1, -0.05) is 12.1 Å². The van der Waals surface area contributed by atoms with Crippen LogP contribution in [0.25, 0.3) is 6.08 Å². The zero-order valence-electron chi connectivity index (χ0n) is 10.9. The monoisotopic (exact) mass is 362 g/mol. The zero-order valence-corrected chi connectivity index (χ0v) is 12.4. The SMILES string of the molecule is O=C1OC(c2ccc(Br)o2)=N/C1=C/c1ccccc1[N+](=O)[O-]. The molecule has 0 amide bonds. The number of esters is 1. The van der Waals surface area contributed by atoms with Gasteiger partial charge in [-0.15, -0.1) is 0 Å². The van der Waals surface area contributed by atoms with Crippen molar-refractivity contribution in [2.24, 2.45) is 4.99 Å². The summed E-state index contributed by atoms with van der Waals surface area (Å²) in [7, 11) is 0. The first-order valence-corrected chi connectivity index (χ1v) is 6.85. The highest BCUT2D eigenvalue weighted by Gasteiger charge is 2.27. The van der Waals surface area contributed by atoms with Crippen molar-refractivity contribution in [3.8, 4) is 0 Å². The molecule has 1 aliphatic rings. The van der Waals surface area contributed by atoms with Gasteiger partial charge in [0.05, 0.1) is 10.5 Å². The van der Waals surface area contributed by atoms with Crippen LogP contribution in [0.15, 0.2) is 56.2 Å². The normalized spacial score (nSPS) is 15.8. The van der Waals surface area contributed by atoms with E-state index < -0.39 is 10.9 Å². The predicted molar refractivity (Wildman–Crippen MR) is 80.1 cm³/mol. The van der Waals surface area contributed by atoms with Gasteiger partial charge in [0.2, 0.25) is 0 Å². The number of carbonyl (C=O) groups excluding carboxylic acids is 1. The fourth-order valence-electron chi connectivity index (χ4n) is 1.87. The fourth-order valence-corrected chi connectivity index (χ4v) is 2.17. The summed E-state index contributed by atoms with van der Waals surface area (Å²) >= 11 is 3.14. The quantitative estimate of drug-likeness (QED) is 0.361. The van der Waals surface area contributed by atoms with Crippen molar-refractivity contribution < 1.29 is 18.9 Å². The summed E-state index contributed by atoms with van der Waals surface area (Å²) < 4.78 is 10.7. The molecule has 1 aromatic heterocycles. The van der Waals surface area contributed by atoms with Gasteiger partial charge < -0.3 is 9.15 Å². The molecule has 2 aromatic rings. The third-order valence-electron chi connectivity index (χ3n) is 2.83. The number of halogens is 1. The molecule has 1 aromatic carbocycles. The third-order valence-corrected chi connectivity index (χ3v) is 3.26. The number of carbonyl (C=O) groups is 1. The minimum Gasteiger partial charge on any atom is -0.444 e. The maximum absolute atomic E-state index is 11.8. The van der Waals surface area contributed by atoms with Crippen LogP contribution in [-0.2, 0) is 9.53 Å². The second-order valence-corrected chi connectivity index (χ2v) is 5.04. The molecule has 0 unspecified atom stereocenters. The molecule has 0 saturated heterocycles.